The zero-order valence-corrected chi connectivity index (χ0v) is 13.6. The first-order chi connectivity index (χ1) is 10.6. The molecule has 0 aliphatic heterocycles. The Labute approximate surface area is 132 Å². The van der Waals surface area contributed by atoms with Crippen molar-refractivity contribution in [2.24, 2.45) is 0 Å². The monoisotopic (exact) mass is 306 g/mol. The van der Waals surface area contributed by atoms with Gasteiger partial charge in [-0.3, -0.25) is 9.59 Å². The summed E-state index contributed by atoms with van der Waals surface area (Å²) in [6.07, 6.45) is 2.96. The maximum Gasteiger partial charge on any atom is 0.251 e. The third-order valence-electron chi connectivity index (χ3n) is 3.17. The highest BCUT2D eigenvalue weighted by Gasteiger charge is 2.15. The topological polar surface area (TPSA) is 67.4 Å². The molecule has 0 aliphatic carbocycles. The number of amides is 2. The molecule has 1 aromatic rings. The highest BCUT2D eigenvalue weighted by Crippen LogP contribution is 2.12. The van der Waals surface area contributed by atoms with Crippen molar-refractivity contribution in [3.8, 4) is 5.75 Å². The first-order valence-electron chi connectivity index (χ1n) is 7.89. The van der Waals surface area contributed by atoms with Crippen LogP contribution < -0.4 is 15.4 Å². The Hall–Kier alpha value is -2.04. The van der Waals surface area contributed by atoms with Gasteiger partial charge in [0.15, 0.2) is 0 Å². The van der Waals surface area contributed by atoms with E-state index in [4.69, 9.17) is 4.74 Å². The van der Waals surface area contributed by atoms with Gasteiger partial charge in [-0.25, -0.2) is 0 Å². The van der Waals surface area contributed by atoms with Crippen molar-refractivity contribution in [3.05, 3.63) is 29.8 Å². The summed E-state index contributed by atoms with van der Waals surface area (Å²) in [5, 5.41) is 5.44. The Balaban J connectivity index is 2.49. The molecule has 0 spiro atoms. The van der Waals surface area contributed by atoms with Crippen LogP contribution in [0.2, 0.25) is 0 Å². The molecule has 5 heteroatoms. The maximum absolute atomic E-state index is 12.1. The highest BCUT2D eigenvalue weighted by molar-refractivity contribution is 5.97. The Kier molecular flexibility index (Phi) is 8.04. The van der Waals surface area contributed by atoms with Crippen molar-refractivity contribution in [2.75, 3.05) is 13.2 Å². The number of carbonyl (C=O) groups is 2. The highest BCUT2D eigenvalue weighted by atomic mass is 16.5. The lowest BCUT2D eigenvalue weighted by Crippen LogP contribution is -2.44. The van der Waals surface area contributed by atoms with Crippen LogP contribution in [-0.2, 0) is 4.79 Å². The van der Waals surface area contributed by atoms with E-state index in [1.165, 1.54) is 0 Å². The molecule has 122 valence electrons. The molecule has 2 amide bonds. The molecule has 0 heterocycles. The number of hydrogen-bond acceptors (Lipinski definition) is 3. The largest absolute Gasteiger partial charge is 0.494 e. The zero-order valence-electron chi connectivity index (χ0n) is 13.6. The van der Waals surface area contributed by atoms with E-state index in [2.05, 4.69) is 17.6 Å². The van der Waals surface area contributed by atoms with Crippen molar-refractivity contribution in [2.45, 2.75) is 46.1 Å². The van der Waals surface area contributed by atoms with E-state index in [1.807, 2.05) is 6.92 Å². The maximum atomic E-state index is 12.1. The van der Waals surface area contributed by atoms with E-state index in [0.717, 1.165) is 25.0 Å². The minimum Gasteiger partial charge on any atom is -0.494 e. The van der Waals surface area contributed by atoms with Gasteiger partial charge in [-0.15, -0.1) is 0 Å². The SMILES string of the molecule is CCCCOc1ccc(C(=O)N[C@@H](C)C(=O)NCCC)cc1. The first kappa shape index (κ1) is 18.0. The molecule has 22 heavy (non-hydrogen) atoms. The van der Waals surface area contributed by atoms with E-state index in [1.54, 1.807) is 31.2 Å². The average molecular weight is 306 g/mol. The molecule has 1 atom stereocenters. The minimum atomic E-state index is -0.556. The van der Waals surface area contributed by atoms with Crippen molar-refractivity contribution in [1.82, 2.24) is 10.6 Å². The van der Waals surface area contributed by atoms with Crippen molar-refractivity contribution in [3.63, 3.8) is 0 Å². The van der Waals surface area contributed by atoms with Crippen LogP contribution >= 0.6 is 0 Å². The molecular weight excluding hydrogens is 280 g/mol. The third kappa shape index (κ3) is 6.16. The lowest BCUT2D eigenvalue weighted by atomic mass is 10.2. The Morgan fingerprint density at radius 1 is 1.14 bits per heavy atom. The van der Waals surface area contributed by atoms with E-state index < -0.39 is 6.04 Å². The molecule has 0 saturated carbocycles. The number of benzene rings is 1. The van der Waals surface area contributed by atoms with Gasteiger partial charge >= 0.3 is 0 Å². The van der Waals surface area contributed by atoms with Crippen molar-refractivity contribution < 1.29 is 14.3 Å². The quantitative estimate of drug-likeness (QED) is 0.689. The van der Waals surface area contributed by atoms with Crippen molar-refractivity contribution >= 4 is 11.8 Å². The standard InChI is InChI=1S/C17H26N2O3/c1-4-6-12-22-15-9-7-14(8-10-15)17(21)19-13(3)16(20)18-11-5-2/h7-10,13H,4-6,11-12H2,1-3H3,(H,18,20)(H,19,21)/t13-/m0/s1. The summed E-state index contributed by atoms with van der Waals surface area (Å²) in [7, 11) is 0. The molecule has 1 aromatic carbocycles. The van der Waals surface area contributed by atoms with Crippen LogP contribution in [0, 0.1) is 0 Å². The molecule has 2 N–H and O–H groups in total. The van der Waals surface area contributed by atoms with Crippen LogP contribution in [-0.4, -0.2) is 31.0 Å². The molecule has 0 radical (unpaired) electrons. The van der Waals surface area contributed by atoms with Crippen LogP contribution in [0.1, 0.15) is 50.4 Å². The second kappa shape index (κ2) is 9.82. The Morgan fingerprint density at radius 3 is 2.41 bits per heavy atom. The predicted molar refractivity (Wildman–Crippen MR) is 87.1 cm³/mol. The fraction of sp³-hybridized carbons (Fsp3) is 0.529. The van der Waals surface area contributed by atoms with Gasteiger partial charge in [-0.05, 0) is 44.0 Å². The molecule has 0 aliphatic rings. The minimum absolute atomic E-state index is 0.172. The summed E-state index contributed by atoms with van der Waals surface area (Å²) in [6.45, 7) is 7.05. The van der Waals surface area contributed by atoms with Gasteiger partial charge in [0, 0.05) is 12.1 Å². The third-order valence-corrected chi connectivity index (χ3v) is 3.17. The molecule has 0 fully saturated rings. The van der Waals surface area contributed by atoms with Gasteiger partial charge in [-0.1, -0.05) is 20.3 Å². The van der Waals surface area contributed by atoms with Crippen LogP contribution in [0.5, 0.6) is 5.75 Å². The zero-order chi connectivity index (χ0) is 16.4. The molecule has 1 rings (SSSR count). The van der Waals surface area contributed by atoms with Crippen LogP contribution in [0.4, 0.5) is 0 Å². The number of rotatable bonds is 9. The van der Waals surface area contributed by atoms with E-state index in [0.29, 0.717) is 18.7 Å². The normalized spacial score (nSPS) is 11.6. The molecule has 0 aromatic heterocycles. The van der Waals surface area contributed by atoms with Crippen LogP contribution in [0.25, 0.3) is 0 Å². The summed E-state index contributed by atoms with van der Waals surface area (Å²) >= 11 is 0. The van der Waals surface area contributed by atoms with Gasteiger partial charge in [-0.2, -0.15) is 0 Å². The summed E-state index contributed by atoms with van der Waals surface area (Å²) in [5.41, 5.74) is 0.512. The fourth-order valence-corrected chi connectivity index (χ4v) is 1.78. The lowest BCUT2D eigenvalue weighted by Gasteiger charge is -2.14. The lowest BCUT2D eigenvalue weighted by molar-refractivity contribution is -0.122. The molecule has 0 saturated heterocycles. The Bertz CT molecular complexity index is 471. The summed E-state index contributed by atoms with van der Waals surface area (Å²) < 4.78 is 5.55. The van der Waals surface area contributed by atoms with E-state index in [9.17, 15) is 9.59 Å². The summed E-state index contributed by atoms with van der Waals surface area (Å²) in [6, 6.07) is 6.39. The van der Waals surface area contributed by atoms with Crippen LogP contribution in [0.3, 0.4) is 0 Å². The number of carbonyl (C=O) groups excluding carboxylic acids is 2. The average Bonchev–Trinajstić information content (AvgIpc) is 2.53. The number of nitrogens with one attached hydrogen (secondary N) is 2. The van der Waals surface area contributed by atoms with Gasteiger partial charge in [0.05, 0.1) is 6.61 Å². The fourth-order valence-electron chi connectivity index (χ4n) is 1.78. The van der Waals surface area contributed by atoms with Gasteiger partial charge < -0.3 is 15.4 Å². The Morgan fingerprint density at radius 2 is 1.82 bits per heavy atom. The number of ether oxygens (including phenoxy) is 1. The molecule has 5 nitrogen and oxygen atoms in total. The van der Waals surface area contributed by atoms with Crippen molar-refractivity contribution in [1.29, 1.82) is 0 Å². The summed E-state index contributed by atoms with van der Waals surface area (Å²) in [5.74, 6) is 0.313. The molecule has 0 bridgehead atoms. The molecular formula is C17H26N2O3. The van der Waals surface area contributed by atoms with E-state index in [-0.39, 0.29) is 11.8 Å². The molecule has 0 unspecified atom stereocenters. The second-order valence-corrected chi connectivity index (χ2v) is 5.21. The van der Waals surface area contributed by atoms with Gasteiger partial charge in [0.2, 0.25) is 5.91 Å². The second-order valence-electron chi connectivity index (χ2n) is 5.21. The van der Waals surface area contributed by atoms with Crippen LogP contribution in [0.15, 0.2) is 24.3 Å². The summed E-state index contributed by atoms with van der Waals surface area (Å²) in [4.78, 5) is 23.8. The first-order valence-corrected chi connectivity index (χ1v) is 7.89. The van der Waals surface area contributed by atoms with Gasteiger partial charge in [0.25, 0.3) is 5.91 Å². The van der Waals surface area contributed by atoms with E-state index >= 15 is 0 Å². The predicted octanol–water partition coefficient (Wildman–Crippen LogP) is 2.51. The van der Waals surface area contributed by atoms with Gasteiger partial charge in [0.1, 0.15) is 11.8 Å². The number of hydrogen-bond donors (Lipinski definition) is 2. The number of unbranched alkanes of at least 4 members (excludes halogenated alkanes) is 1. The smallest absolute Gasteiger partial charge is 0.251 e.